The first-order valence-electron chi connectivity index (χ1n) is 18.6. The van der Waals surface area contributed by atoms with Crippen LogP contribution in [0.2, 0.25) is 0 Å². The van der Waals surface area contributed by atoms with Gasteiger partial charge in [0.05, 0.1) is 11.8 Å². The lowest BCUT2D eigenvalue weighted by Crippen LogP contribution is -2.67. The zero-order valence-corrected chi connectivity index (χ0v) is 30.7. The second-order valence-electron chi connectivity index (χ2n) is 18.8. The minimum atomic E-state index is -1.13. The van der Waals surface area contributed by atoms with Crippen LogP contribution in [0.15, 0.2) is 12.2 Å². The van der Waals surface area contributed by atoms with Gasteiger partial charge in [0.25, 0.3) is 0 Å². The average Bonchev–Trinajstić information content (AvgIpc) is 3.33. The van der Waals surface area contributed by atoms with E-state index in [9.17, 15) is 19.5 Å². The van der Waals surface area contributed by atoms with Crippen LogP contribution in [0.4, 0.5) is 0 Å². The van der Waals surface area contributed by atoms with E-state index in [0.29, 0.717) is 36.0 Å². The lowest BCUT2D eigenvalue weighted by atomic mass is 9.32. The Labute approximate surface area is 279 Å². The molecule has 0 radical (unpaired) electrons. The summed E-state index contributed by atoms with van der Waals surface area (Å²) < 4.78 is 6.16. The smallest absolute Gasteiger partial charge is 0.309 e. The molecule has 0 aliphatic heterocycles. The molecule has 5 saturated carbocycles. The van der Waals surface area contributed by atoms with Crippen LogP contribution in [0.25, 0.3) is 0 Å². The monoisotopic (exact) mass is 639 g/mol. The third kappa shape index (κ3) is 5.38. The number of hydrogen-bond acceptors (Lipinski definition) is 4. The van der Waals surface area contributed by atoms with Crippen LogP contribution in [0, 0.1) is 62.1 Å². The Bertz CT molecular complexity index is 1240. The molecule has 5 aliphatic carbocycles. The van der Waals surface area contributed by atoms with Gasteiger partial charge in [-0.1, -0.05) is 53.7 Å². The van der Waals surface area contributed by atoms with E-state index in [-0.39, 0.29) is 51.5 Å². The predicted octanol–water partition coefficient (Wildman–Crippen LogP) is 8.97. The molecular formula is C40H65NO5. The maximum absolute atomic E-state index is 13.3. The highest BCUT2D eigenvalue weighted by Crippen LogP contribution is 2.78. The molecule has 0 aromatic carbocycles. The fourth-order valence-corrected chi connectivity index (χ4v) is 13.1. The summed E-state index contributed by atoms with van der Waals surface area (Å²) in [5.41, 5.74) is 0.677. The maximum Gasteiger partial charge on any atom is 0.309 e. The van der Waals surface area contributed by atoms with E-state index >= 15 is 0 Å². The third-order valence-corrected chi connectivity index (χ3v) is 15.7. The summed E-state index contributed by atoms with van der Waals surface area (Å²) in [6, 6.07) is 0. The van der Waals surface area contributed by atoms with Crippen LogP contribution in [-0.4, -0.2) is 35.6 Å². The Kier molecular flexibility index (Phi) is 9.20. The number of allylic oxidation sites excluding steroid dienone is 1. The van der Waals surface area contributed by atoms with Crippen molar-refractivity contribution in [3.05, 3.63) is 12.2 Å². The quantitative estimate of drug-likeness (QED) is 0.194. The van der Waals surface area contributed by atoms with Gasteiger partial charge >= 0.3 is 11.9 Å². The molecule has 260 valence electrons. The van der Waals surface area contributed by atoms with Gasteiger partial charge in [-0.2, -0.15) is 0 Å². The van der Waals surface area contributed by atoms with Gasteiger partial charge in [0.2, 0.25) is 5.91 Å². The van der Waals surface area contributed by atoms with E-state index in [1.54, 1.807) is 13.8 Å². The minimum Gasteiger partial charge on any atom is -0.481 e. The molecule has 5 aliphatic rings. The van der Waals surface area contributed by atoms with Crippen LogP contribution in [0.3, 0.4) is 0 Å². The highest BCUT2D eigenvalue weighted by Gasteiger charge is 2.71. The molecular weight excluding hydrogens is 574 g/mol. The molecule has 10 atom stereocenters. The van der Waals surface area contributed by atoms with Crippen LogP contribution < -0.4 is 5.32 Å². The topological polar surface area (TPSA) is 92.7 Å². The van der Waals surface area contributed by atoms with Crippen molar-refractivity contribution in [2.45, 2.75) is 152 Å². The van der Waals surface area contributed by atoms with E-state index in [2.05, 4.69) is 60.4 Å². The van der Waals surface area contributed by atoms with Gasteiger partial charge in [-0.25, -0.2) is 0 Å². The van der Waals surface area contributed by atoms with Crippen molar-refractivity contribution in [1.82, 2.24) is 5.32 Å². The van der Waals surface area contributed by atoms with E-state index in [1.165, 1.54) is 37.7 Å². The standard InChI is InChI=1S/C40H65NO5/c1-11-22-41-31(42)23-40-19-14-26(25(2)3)33(40)27-12-13-29-37(8)17-16-30(46-32(43)24-35(4,5)34(44)45)36(6,7)28(37)15-18-39(29,10)38(27,9)20-21-40/h26-30,33H,2,11-24H2,1,3-10H3,(H,41,42)(H,44,45)/t26-,27+,28?,29?,30-,33?,37-,38+,39+,40+/m0/s1. The summed E-state index contributed by atoms with van der Waals surface area (Å²) in [7, 11) is 0. The molecule has 2 N–H and O–H groups in total. The number of fused-ring (bicyclic) bond motifs is 7. The molecule has 6 nitrogen and oxygen atoms in total. The van der Waals surface area contributed by atoms with E-state index < -0.39 is 11.4 Å². The maximum atomic E-state index is 13.3. The molecule has 6 heteroatoms. The molecule has 46 heavy (non-hydrogen) atoms. The molecule has 5 fully saturated rings. The number of carboxylic acid groups (broad SMARTS) is 1. The van der Waals surface area contributed by atoms with Gasteiger partial charge in [-0.3, -0.25) is 14.4 Å². The van der Waals surface area contributed by atoms with Crippen molar-refractivity contribution >= 4 is 17.8 Å². The molecule has 0 spiro atoms. The lowest BCUT2D eigenvalue weighted by Gasteiger charge is -2.73. The third-order valence-electron chi connectivity index (χ3n) is 15.7. The summed E-state index contributed by atoms with van der Waals surface area (Å²) in [5.74, 6) is 1.57. The van der Waals surface area contributed by atoms with Crippen LogP contribution in [-0.2, 0) is 19.1 Å². The number of carboxylic acids is 1. The summed E-state index contributed by atoms with van der Waals surface area (Å²) in [6.45, 7) is 25.3. The van der Waals surface area contributed by atoms with E-state index in [0.717, 1.165) is 45.1 Å². The number of hydrogen-bond donors (Lipinski definition) is 2. The molecule has 0 aromatic rings. The highest BCUT2D eigenvalue weighted by molar-refractivity contribution is 5.81. The van der Waals surface area contributed by atoms with Gasteiger partial charge in [0.1, 0.15) is 6.10 Å². The van der Waals surface area contributed by atoms with Gasteiger partial charge in [-0.15, -0.1) is 0 Å². The molecule has 3 unspecified atom stereocenters. The van der Waals surface area contributed by atoms with Crippen molar-refractivity contribution in [2.75, 3.05) is 6.54 Å². The number of nitrogens with one attached hydrogen (secondary N) is 1. The first-order valence-corrected chi connectivity index (χ1v) is 18.6. The molecule has 0 bridgehead atoms. The predicted molar refractivity (Wildman–Crippen MR) is 183 cm³/mol. The van der Waals surface area contributed by atoms with Crippen molar-refractivity contribution in [2.24, 2.45) is 62.1 Å². The van der Waals surface area contributed by atoms with E-state index in [1.807, 2.05) is 0 Å². The zero-order valence-electron chi connectivity index (χ0n) is 30.7. The van der Waals surface area contributed by atoms with Gasteiger partial charge in [0.15, 0.2) is 0 Å². The zero-order chi connectivity index (χ0) is 34.1. The summed E-state index contributed by atoms with van der Waals surface area (Å²) in [6.07, 6.45) is 12.7. The Hall–Kier alpha value is -1.85. The van der Waals surface area contributed by atoms with Gasteiger partial charge in [0, 0.05) is 18.4 Å². The molecule has 1 amide bonds. The second-order valence-corrected chi connectivity index (χ2v) is 18.8. The number of rotatable bonds is 9. The fraction of sp³-hybridized carbons (Fsp3) is 0.875. The van der Waals surface area contributed by atoms with Gasteiger partial charge < -0.3 is 15.2 Å². The summed E-state index contributed by atoms with van der Waals surface area (Å²) >= 11 is 0. The van der Waals surface area contributed by atoms with Crippen LogP contribution in [0.5, 0.6) is 0 Å². The van der Waals surface area contributed by atoms with Crippen LogP contribution in [0.1, 0.15) is 146 Å². The normalized spacial score (nSPS) is 42.9. The SMILES string of the molecule is C=C(C)[C@@H]1CC[C@]2(CC(=O)NCCC)CC[C@]3(C)[C@H](CCC4[C@@]5(C)CC[C@H](OC(=O)CC(C)(C)C(=O)O)C(C)(C)C5CC[C@]43C)C12. The fourth-order valence-electron chi connectivity index (χ4n) is 13.1. The Morgan fingerprint density at radius 2 is 1.59 bits per heavy atom. The first kappa shape index (κ1) is 35.5. The summed E-state index contributed by atoms with van der Waals surface area (Å²) in [5, 5.41) is 12.8. The van der Waals surface area contributed by atoms with Crippen LogP contribution >= 0.6 is 0 Å². The van der Waals surface area contributed by atoms with Crippen molar-refractivity contribution in [1.29, 1.82) is 0 Å². The lowest BCUT2D eigenvalue weighted by molar-refractivity contribution is -0.250. The first-order chi connectivity index (χ1) is 21.3. The molecule has 0 heterocycles. The number of ether oxygens (including phenoxy) is 1. The Morgan fingerprint density at radius 3 is 2.22 bits per heavy atom. The minimum absolute atomic E-state index is 0.0923. The van der Waals surface area contributed by atoms with E-state index in [4.69, 9.17) is 4.74 Å². The highest BCUT2D eigenvalue weighted by atomic mass is 16.5. The number of carbonyl (C=O) groups is 3. The Balaban J connectivity index is 1.40. The van der Waals surface area contributed by atoms with Crippen molar-refractivity contribution in [3.63, 3.8) is 0 Å². The number of amides is 1. The molecule has 5 rings (SSSR count). The number of aliphatic carboxylic acids is 1. The Morgan fingerprint density at radius 1 is 0.891 bits per heavy atom. The van der Waals surface area contributed by atoms with Gasteiger partial charge in [-0.05, 0) is 143 Å². The largest absolute Gasteiger partial charge is 0.481 e. The average molecular weight is 640 g/mol. The summed E-state index contributed by atoms with van der Waals surface area (Å²) in [4.78, 5) is 38.0. The molecule has 0 aromatic heterocycles. The van der Waals surface area contributed by atoms with Crippen molar-refractivity contribution in [3.8, 4) is 0 Å². The second kappa shape index (κ2) is 11.9. The van der Waals surface area contributed by atoms with Crippen molar-refractivity contribution < 1.29 is 24.2 Å². The number of carbonyl (C=O) groups excluding carboxylic acids is 2. The number of esters is 1. The molecule has 0 saturated heterocycles.